The van der Waals surface area contributed by atoms with Gasteiger partial charge in [-0.1, -0.05) is 50.2 Å². The van der Waals surface area contributed by atoms with E-state index in [4.69, 9.17) is 19.9 Å². The number of carbonyl (C=O) groups is 2. The van der Waals surface area contributed by atoms with Crippen LogP contribution in [0.3, 0.4) is 0 Å². The fourth-order valence-corrected chi connectivity index (χ4v) is 3.84. The molecule has 0 aromatic heterocycles. The highest BCUT2D eigenvalue weighted by Crippen LogP contribution is 2.41. The summed E-state index contributed by atoms with van der Waals surface area (Å²) in [5, 5.41) is 3.00. The van der Waals surface area contributed by atoms with Crippen molar-refractivity contribution in [1.82, 2.24) is 5.32 Å². The van der Waals surface area contributed by atoms with Crippen LogP contribution in [0.2, 0.25) is 0 Å². The number of primary amides is 1. The van der Waals surface area contributed by atoms with Crippen LogP contribution in [0, 0.1) is 0 Å². The first-order valence-corrected chi connectivity index (χ1v) is 10.8. The zero-order valence-corrected chi connectivity index (χ0v) is 20.1. The number of carbonyl (C=O) groups excluding carboxylic acids is 2. The van der Waals surface area contributed by atoms with Gasteiger partial charge in [0, 0.05) is 17.5 Å². The SMILES string of the molecule is COc1ccccc1C(=O)NCC(C)(C)c1ccc(-c2c(C(N)=O)ccc(OC)c2OC)cc1. The Hall–Kier alpha value is -4.00. The van der Waals surface area contributed by atoms with E-state index in [0.29, 0.717) is 40.5 Å². The second kappa shape index (κ2) is 10.3. The van der Waals surface area contributed by atoms with E-state index < -0.39 is 5.91 Å². The zero-order chi connectivity index (χ0) is 24.9. The minimum atomic E-state index is -0.556. The lowest BCUT2D eigenvalue weighted by atomic mass is 9.83. The molecule has 0 heterocycles. The lowest BCUT2D eigenvalue weighted by Gasteiger charge is -2.26. The van der Waals surface area contributed by atoms with Crippen molar-refractivity contribution < 1.29 is 23.8 Å². The van der Waals surface area contributed by atoms with Crippen LogP contribution < -0.4 is 25.3 Å². The Morgan fingerprint density at radius 1 is 0.824 bits per heavy atom. The molecule has 0 atom stereocenters. The maximum atomic E-state index is 12.7. The summed E-state index contributed by atoms with van der Waals surface area (Å²) in [6, 6.07) is 18.1. The third-order valence-corrected chi connectivity index (χ3v) is 5.81. The number of para-hydroxylation sites is 1. The van der Waals surface area contributed by atoms with Gasteiger partial charge in [0.05, 0.1) is 32.5 Å². The van der Waals surface area contributed by atoms with Gasteiger partial charge in [0.2, 0.25) is 5.91 Å². The smallest absolute Gasteiger partial charge is 0.255 e. The van der Waals surface area contributed by atoms with Gasteiger partial charge in [0.15, 0.2) is 11.5 Å². The molecule has 2 amide bonds. The first kappa shape index (κ1) is 24.6. The third kappa shape index (κ3) is 4.98. The Morgan fingerprint density at radius 2 is 1.47 bits per heavy atom. The largest absolute Gasteiger partial charge is 0.496 e. The molecule has 3 N–H and O–H groups in total. The van der Waals surface area contributed by atoms with Crippen LogP contribution in [-0.4, -0.2) is 39.7 Å². The summed E-state index contributed by atoms with van der Waals surface area (Å²) in [5.41, 5.74) is 8.44. The number of nitrogens with one attached hydrogen (secondary N) is 1. The first-order valence-electron chi connectivity index (χ1n) is 10.8. The Labute approximate surface area is 199 Å². The summed E-state index contributed by atoms with van der Waals surface area (Å²) < 4.78 is 16.2. The van der Waals surface area contributed by atoms with Gasteiger partial charge in [-0.05, 0) is 35.4 Å². The van der Waals surface area contributed by atoms with Gasteiger partial charge >= 0.3 is 0 Å². The van der Waals surface area contributed by atoms with Crippen molar-refractivity contribution in [3.63, 3.8) is 0 Å². The van der Waals surface area contributed by atoms with Crippen LogP contribution >= 0.6 is 0 Å². The van der Waals surface area contributed by atoms with E-state index in [1.807, 2.05) is 44.2 Å². The topological polar surface area (TPSA) is 99.9 Å². The standard InChI is InChI=1S/C27H30N2O5/c1-27(2,16-29-26(31)19-8-6-7-9-21(19)32-3)18-12-10-17(11-13-18)23-20(25(28)30)14-15-22(33-4)24(23)34-5/h6-15H,16H2,1-5H3,(H2,28,30)(H,29,31). The Bertz CT molecular complexity index is 1190. The molecule has 34 heavy (non-hydrogen) atoms. The van der Waals surface area contributed by atoms with Gasteiger partial charge in [0.25, 0.3) is 5.91 Å². The molecule has 0 bridgehead atoms. The van der Waals surface area contributed by atoms with Crippen LogP contribution in [0.15, 0.2) is 60.7 Å². The van der Waals surface area contributed by atoms with Gasteiger partial charge in [-0.2, -0.15) is 0 Å². The molecule has 0 saturated heterocycles. The molecule has 0 unspecified atom stereocenters. The van der Waals surface area contributed by atoms with Gasteiger partial charge in [-0.3, -0.25) is 9.59 Å². The van der Waals surface area contributed by atoms with Gasteiger partial charge in [0.1, 0.15) is 5.75 Å². The molecule has 3 aromatic rings. The van der Waals surface area contributed by atoms with Crippen LogP contribution in [0.4, 0.5) is 0 Å². The van der Waals surface area contributed by atoms with Crippen molar-refractivity contribution >= 4 is 11.8 Å². The molecule has 7 heteroatoms. The molecular weight excluding hydrogens is 432 g/mol. The predicted molar refractivity (Wildman–Crippen MR) is 132 cm³/mol. The van der Waals surface area contributed by atoms with Gasteiger partial charge in [-0.25, -0.2) is 0 Å². The van der Waals surface area contributed by atoms with Crippen molar-refractivity contribution in [2.24, 2.45) is 5.73 Å². The molecule has 178 valence electrons. The fourth-order valence-electron chi connectivity index (χ4n) is 3.84. The minimum Gasteiger partial charge on any atom is -0.496 e. The molecule has 3 aromatic carbocycles. The lowest BCUT2D eigenvalue weighted by molar-refractivity contribution is 0.0941. The number of amides is 2. The third-order valence-electron chi connectivity index (χ3n) is 5.81. The summed E-state index contributed by atoms with van der Waals surface area (Å²) in [5.74, 6) is 0.717. The maximum Gasteiger partial charge on any atom is 0.255 e. The maximum absolute atomic E-state index is 12.7. The molecular formula is C27H30N2O5. The van der Waals surface area contributed by atoms with Gasteiger partial charge < -0.3 is 25.3 Å². The van der Waals surface area contributed by atoms with Crippen LogP contribution in [-0.2, 0) is 5.41 Å². The Morgan fingerprint density at radius 3 is 2.06 bits per heavy atom. The average molecular weight is 463 g/mol. The molecule has 0 spiro atoms. The van der Waals surface area contributed by atoms with Gasteiger partial charge in [-0.15, -0.1) is 0 Å². The van der Waals surface area contributed by atoms with E-state index in [2.05, 4.69) is 5.32 Å². The molecule has 0 aliphatic rings. The van der Waals surface area contributed by atoms with Crippen LogP contribution in [0.25, 0.3) is 11.1 Å². The highest BCUT2D eigenvalue weighted by Gasteiger charge is 2.24. The number of hydrogen-bond donors (Lipinski definition) is 2. The molecule has 3 rings (SSSR count). The summed E-state index contributed by atoms with van der Waals surface area (Å²) in [7, 11) is 4.60. The van der Waals surface area contributed by atoms with Crippen molar-refractivity contribution in [3.05, 3.63) is 77.4 Å². The van der Waals surface area contributed by atoms with E-state index in [9.17, 15) is 9.59 Å². The average Bonchev–Trinajstić information content (AvgIpc) is 2.86. The van der Waals surface area contributed by atoms with Crippen LogP contribution in [0.1, 0.15) is 40.1 Å². The molecule has 0 radical (unpaired) electrons. The van der Waals surface area contributed by atoms with E-state index in [0.717, 1.165) is 11.1 Å². The summed E-state index contributed by atoms with van der Waals surface area (Å²) in [4.78, 5) is 24.8. The quantitative estimate of drug-likeness (QED) is 0.497. The number of nitrogens with two attached hydrogens (primary N) is 1. The molecule has 0 aliphatic heterocycles. The summed E-state index contributed by atoms with van der Waals surface area (Å²) in [6.45, 7) is 4.51. The van der Waals surface area contributed by atoms with Crippen molar-refractivity contribution in [1.29, 1.82) is 0 Å². The minimum absolute atomic E-state index is 0.200. The van der Waals surface area contributed by atoms with E-state index in [-0.39, 0.29) is 11.3 Å². The fraction of sp³-hybridized carbons (Fsp3) is 0.259. The second-order valence-electron chi connectivity index (χ2n) is 8.43. The van der Waals surface area contributed by atoms with Crippen molar-refractivity contribution in [2.45, 2.75) is 19.3 Å². The number of ether oxygens (including phenoxy) is 3. The van der Waals surface area contributed by atoms with E-state index >= 15 is 0 Å². The monoisotopic (exact) mass is 462 g/mol. The molecule has 7 nitrogen and oxygen atoms in total. The second-order valence-corrected chi connectivity index (χ2v) is 8.43. The summed E-state index contributed by atoms with van der Waals surface area (Å²) in [6.07, 6.45) is 0. The molecule has 0 saturated carbocycles. The Kier molecular flexibility index (Phi) is 7.46. The predicted octanol–water partition coefficient (Wildman–Crippen LogP) is 4.19. The lowest BCUT2D eigenvalue weighted by Crippen LogP contribution is -2.36. The molecule has 0 aliphatic carbocycles. The number of methoxy groups -OCH3 is 3. The Balaban J connectivity index is 1.87. The van der Waals surface area contributed by atoms with E-state index in [1.54, 1.807) is 37.4 Å². The number of benzene rings is 3. The zero-order valence-electron chi connectivity index (χ0n) is 20.1. The first-order chi connectivity index (χ1) is 16.2. The number of hydrogen-bond acceptors (Lipinski definition) is 5. The highest BCUT2D eigenvalue weighted by molar-refractivity contribution is 6.02. The number of rotatable bonds is 9. The van der Waals surface area contributed by atoms with Crippen molar-refractivity contribution in [2.75, 3.05) is 27.9 Å². The van der Waals surface area contributed by atoms with E-state index in [1.165, 1.54) is 14.2 Å². The molecule has 0 fully saturated rings. The van der Waals surface area contributed by atoms with Crippen molar-refractivity contribution in [3.8, 4) is 28.4 Å². The summed E-state index contributed by atoms with van der Waals surface area (Å²) >= 11 is 0. The van der Waals surface area contributed by atoms with Crippen LogP contribution in [0.5, 0.6) is 17.2 Å². The normalized spacial score (nSPS) is 11.0. The highest BCUT2D eigenvalue weighted by atomic mass is 16.5.